The summed E-state index contributed by atoms with van der Waals surface area (Å²) in [5.41, 5.74) is 5.80. The highest BCUT2D eigenvalue weighted by Gasteiger charge is 2.50. The van der Waals surface area contributed by atoms with Crippen LogP contribution >= 0.6 is 22.7 Å². The zero-order valence-electron chi connectivity index (χ0n) is 15.1. The van der Waals surface area contributed by atoms with Crippen LogP contribution in [0.4, 0.5) is 5.69 Å². The van der Waals surface area contributed by atoms with E-state index in [9.17, 15) is 4.79 Å². The van der Waals surface area contributed by atoms with Gasteiger partial charge in [0.05, 0.1) is 28.1 Å². The number of thiazole rings is 1. The first kappa shape index (κ1) is 17.0. The number of carbonyl (C=O) groups is 1. The summed E-state index contributed by atoms with van der Waals surface area (Å²) in [6.45, 7) is 5.67. The Bertz CT molecular complexity index is 984. The average molecular weight is 397 g/mol. The van der Waals surface area contributed by atoms with Crippen molar-refractivity contribution in [2.45, 2.75) is 25.3 Å². The summed E-state index contributed by atoms with van der Waals surface area (Å²) in [6.07, 6.45) is 2.89. The number of hydrogen-bond acceptors (Lipinski definition) is 6. The summed E-state index contributed by atoms with van der Waals surface area (Å²) in [6, 6.07) is 5.87. The first-order chi connectivity index (χ1) is 13.2. The van der Waals surface area contributed by atoms with Gasteiger partial charge in [0.25, 0.3) is 5.91 Å². The number of fused-ring (bicyclic) bond motifs is 2. The normalized spacial score (nSPS) is 21.9. The van der Waals surface area contributed by atoms with Crippen molar-refractivity contribution < 1.29 is 4.79 Å². The molecule has 0 aromatic carbocycles. The van der Waals surface area contributed by atoms with Gasteiger partial charge in [-0.3, -0.25) is 14.7 Å². The first-order valence-corrected chi connectivity index (χ1v) is 10.9. The van der Waals surface area contributed by atoms with Gasteiger partial charge in [0.15, 0.2) is 0 Å². The van der Waals surface area contributed by atoms with Gasteiger partial charge in [-0.2, -0.15) is 11.3 Å². The Morgan fingerprint density at radius 2 is 2.22 bits per heavy atom. The van der Waals surface area contributed by atoms with Gasteiger partial charge in [0.1, 0.15) is 0 Å². The molecule has 0 aliphatic carbocycles. The minimum Gasteiger partial charge on any atom is -0.305 e. The molecule has 2 aliphatic rings. The van der Waals surface area contributed by atoms with Crippen LogP contribution < -0.4 is 4.90 Å². The molecule has 0 unspecified atom stereocenters. The smallest absolute Gasteiger partial charge is 0.259 e. The Morgan fingerprint density at radius 1 is 1.30 bits per heavy atom. The lowest BCUT2D eigenvalue weighted by molar-refractivity contribution is 0.0985. The maximum absolute atomic E-state index is 13.1. The van der Waals surface area contributed by atoms with Crippen LogP contribution in [0.15, 0.2) is 40.7 Å². The molecule has 1 saturated heterocycles. The van der Waals surface area contributed by atoms with Crippen LogP contribution in [0.2, 0.25) is 0 Å². The number of hydrogen-bond donors (Lipinski definition) is 0. The Hall–Kier alpha value is -2.09. The minimum atomic E-state index is -0.0686. The summed E-state index contributed by atoms with van der Waals surface area (Å²) >= 11 is 3.28. The molecule has 5 rings (SSSR count). The molecule has 3 aromatic rings. The van der Waals surface area contributed by atoms with E-state index in [1.54, 1.807) is 22.7 Å². The number of amides is 1. The summed E-state index contributed by atoms with van der Waals surface area (Å²) < 4.78 is 0. The van der Waals surface area contributed by atoms with E-state index in [2.05, 4.69) is 16.8 Å². The first-order valence-electron chi connectivity index (χ1n) is 9.07. The number of pyridine rings is 1. The summed E-state index contributed by atoms with van der Waals surface area (Å²) in [4.78, 5) is 27.9. The molecule has 5 heterocycles. The lowest BCUT2D eigenvalue weighted by Crippen LogP contribution is -2.39. The number of aryl methyl sites for hydroxylation is 1. The van der Waals surface area contributed by atoms with Crippen molar-refractivity contribution in [1.82, 2.24) is 14.9 Å². The number of rotatable bonds is 3. The molecule has 0 radical (unpaired) electrons. The van der Waals surface area contributed by atoms with Crippen molar-refractivity contribution in [3.63, 3.8) is 0 Å². The SMILES string of the molecule is Cc1ncsc1CN1CC[C@@]2(C1)CN(C(=O)c1ccsc1)c1cccnc12. The molecule has 1 amide bonds. The molecule has 27 heavy (non-hydrogen) atoms. The van der Waals surface area contributed by atoms with Gasteiger partial charge in [-0.05, 0) is 43.5 Å². The van der Waals surface area contributed by atoms with Crippen LogP contribution in [0, 0.1) is 6.92 Å². The van der Waals surface area contributed by atoms with Crippen molar-refractivity contribution in [2.24, 2.45) is 0 Å². The van der Waals surface area contributed by atoms with Crippen molar-refractivity contribution in [3.05, 3.63) is 62.5 Å². The summed E-state index contributed by atoms with van der Waals surface area (Å²) in [5.74, 6) is 0.0825. The molecular weight excluding hydrogens is 376 g/mol. The third-order valence-electron chi connectivity index (χ3n) is 5.70. The summed E-state index contributed by atoms with van der Waals surface area (Å²) in [5, 5.41) is 3.88. The molecule has 0 saturated carbocycles. The molecule has 0 N–H and O–H groups in total. The third-order valence-corrected chi connectivity index (χ3v) is 7.30. The van der Waals surface area contributed by atoms with Crippen LogP contribution in [-0.4, -0.2) is 40.4 Å². The molecule has 0 bridgehead atoms. The van der Waals surface area contributed by atoms with Gasteiger partial charge in [0.2, 0.25) is 0 Å². The number of nitrogens with zero attached hydrogens (tertiary/aromatic N) is 4. The van der Waals surface area contributed by atoms with E-state index in [1.165, 1.54) is 4.88 Å². The average Bonchev–Trinajstić information content (AvgIpc) is 3.46. The Labute approximate surface area is 166 Å². The largest absolute Gasteiger partial charge is 0.305 e. The molecule has 1 atom stereocenters. The van der Waals surface area contributed by atoms with Gasteiger partial charge in [-0.15, -0.1) is 11.3 Å². The van der Waals surface area contributed by atoms with E-state index in [4.69, 9.17) is 4.98 Å². The molecule has 1 spiro atoms. The standard InChI is InChI=1S/C20H20N4OS2/c1-14-17(27-13-22-14)9-23-7-5-20(11-23)12-24(16-3-2-6-21-18(16)20)19(25)15-4-8-26-10-15/h2-4,6,8,10,13H,5,7,9,11-12H2,1H3/t20-/m1/s1. The van der Waals surface area contributed by atoms with Gasteiger partial charge in [0, 0.05) is 41.5 Å². The van der Waals surface area contributed by atoms with Crippen LogP contribution in [0.25, 0.3) is 0 Å². The van der Waals surface area contributed by atoms with Crippen LogP contribution in [0.5, 0.6) is 0 Å². The second-order valence-corrected chi connectivity index (χ2v) is 9.10. The quantitative estimate of drug-likeness (QED) is 0.677. The van der Waals surface area contributed by atoms with E-state index < -0.39 is 0 Å². The summed E-state index contributed by atoms with van der Waals surface area (Å²) in [7, 11) is 0. The Morgan fingerprint density at radius 3 is 3.00 bits per heavy atom. The third kappa shape index (κ3) is 2.81. The number of anilines is 1. The zero-order chi connectivity index (χ0) is 18.4. The molecular formula is C20H20N4OS2. The van der Waals surface area contributed by atoms with E-state index in [1.807, 2.05) is 45.6 Å². The van der Waals surface area contributed by atoms with E-state index >= 15 is 0 Å². The Balaban J connectivity index is 1.44. The molecule has 5 nitrogen and oxygen atoms in total. The predicted molar refractivity (Wildman–Crippen MR) is 109 cm³/mol. The minimum absolute atomic E-state index is 0.0686. The highest BCUT2D eigenvalue weighted by Crippen LogP contribution is 2.46. The highest BCUT2D eigenvalue weighted by atomic mass is 32.1. The maximum atomic E-state index is 13.1. The van der Waals surface area contributed by atoms with Gasteiger partial charge < -0.3 is 4.90 Å². The van der Waals surface area contributed by atoms with Gasteiger partial charge >= 0.3 is 0 Å². The molecule has 7 heteroatoms. The highest BCUT2D eigenvalue weighted by molar-refractivity contribution is 7.09. The van der Waals surface area contributed by atoms with E-state index in [0.717, 1.165) is 48.7 Å². The van der Waals surface area contributed by atoms with Crippen molar-refractivity contribution in [3.8, 4) is 0 Å². The van der Waals surface area contributed by atoms with E-state index in [0.29, 0.717) is 6.54 Å². The molecule has 3 aromatic heterocycles. The van der Waals surface area contributed by atoms with Crippen molar-refractivity contribution in [2.75, 3.05) is 24.5 Å². The molecule has 2 aliphatic heterocycles. The zero-order valence-corrected chi connectivity index (χ0v) is 16.7. The number of aromatic nitrogens is 2. The van der Waals surface area contributed by atoms with Gasteiger partial charge in [-0.25, -0.2) is 4.98 Å². The monoisotopic (exact) mass is 396 g/mol. The van der Waals surface area contributed by atoms with Gasteiger partial charge in [-0.1, -0.05) is 0 Å². The molecule has 138 valence electrons. The predicted octanol–water partition coefficient (Wildman–Crippen LogP) is 3.71. The topological polar surface area (TPSA) is 49.3 Å². The maximum Gasteiger partial charge on any atom is 0.259 e. The fourth-order valence-corrected chi connectivity index (χ4v) is 5.75. The lowest BCUT2D eigenvalue weighted by Gasteiger charge is -2.25. The van der Waals surface area contributed by atoms with Crippen LogP contribution in [0.3, 0.4) is 0 Å². The van der Waals surface area contributed by atoms with Crippen LogP contribution in [-0.2, 0) is 12.0 Å². The van der Waals surface area contributed by atoms with Crippen molar-refractivity contribution >= 4 is 34.3 Å². The fraction of sp³-hybridized carbons (Fsp3) is 0.350. The number of thiophene rings is 1. The second kappa shape index (κ2) is 6.51. The fourth-order valence-electron chi connectivity index (χ4n) is 4.31. The second-order valence-electron chi connectivity index (χ2n) is 7.38. The van der Waals surface area contributed by atoms with Crippen LogP contribution in [0.1, 0.15) is 33.0 Å². The number of likely N-dealkylation sites (tertiary alicyclic amines) is 1. The molecule has 1 fully saturated rings. The van der Waals surface area contributed by atoms with E-state index in [-0.39, 0.29) is 11.3 Å². The Kier molecular flexibility index (Phi) is 4.11. The lowest BCUT2D eigenvalue weighted by atomic mass is 9.85. The van der Waals surface area contributed by atoms with Crippen molar-refractivity contribution in [1.29, 1.82) is 0 Å². The number of carbonyl (C=O) groups excluding carboxylic acids is 1.